The number of methoxy groups -OCH3 is 1. The summed E-state index contributed by atoms with van der Waals surface area (Å²) in [5.41, 5.74) is 1.93. The summed E-state index contributed by atoms with van der Waals surface area (Å²) in [6.45, 7) is 0. The molecule has 9 heteroatoms. The van der Waals surface area contributed by atoms with E-state index < -0.39 is 15.7 Å². The number of rotatable bonds is 4. The van der Waals surface area contributed by atoms with Gasteiger partial charge in [0.05, 0.1) is 35.6 Å². The fourth-order valence-electron chi connectivity index (χ4n) is 3.15. The first-order chi connectivity index (χ1) is 13.4. The molecular weight excluding hydrogens is 402 g/mol. The van der Waals surface area contributed by atoms with Crippen molar-refractivity contribution in [1.82, 2.24) is 9.78 Å². The molecule has 1 aliphatic rings. The highest BCUT2D eigenvalue weighted by Crippen LogP contribution is 2.33. The molecule has 1 aliphatic heterocycles. The number of hydrogen-bond donors (Lipinski definition) is 1. The normalized spacial score (nSPS) is 14.5. The molecule has 1 aromatic heterocycles. The first-order valence-electron chi connectivity index (χ1n) is 8.39. The van der Waals surface area contributed by atoms with Crippen molar-refractivity contribution < 1.29 is 17.9 Å². The molecule has 28 heavy (non-hydrogen) atoms. The first-order valence-corrected chi connectivity index (χ1v) is 10.6. The molecule has 0 saturated heterocycles. The number of carbonyl (C=O) groups is 1. The molecule has 7 nitrogen and oxygen atoms in total. The minimum absolute atomic E-state index is 0.152. The Balaban J connectivity index is 1.79. The number of ether oxygens (including phenoxy) is 1. The summed E-state index contributed by atoms with van der Waals surface area (Å²) >= 11 is 5.96. The van der Waals surface area contributed by atoms with Gasteiger partial charge in [0.1, 0.15) is 11.6 Å². The molecule has 2 heterocycles. The number of nitrogens with one attached hydrogen (secondary N) is 1. The number of carbonyl (C=O) groups excluding carboxylic acids is 1. The smallest absolute Gasteiger partial charge is 0.260 e. The monoisotopic (exact) mass is 417 g/mol. The summed E-state index contributed by atoms with van der Waals surface area (Å²) in [6.07, 6.45) is 0. The van der Waals surface area contributed by atoms with E-state index in [0.717, 1.165) is 0 Å². The van der Waals surface area contributed by atoms with Crippen molar-refractivity contribution in [1.29, 1.82) is 0 Å². The van der Waals surface area contributed by atoms with E-state index in [9.17, 15) is 13.2 Å². The van der Waals surface area contributed by atoms with Crippen LogP contribution in [0.4, 0.5) is 5.82 Å². The zero-order chi connectivity index (χ0) is 19.9. The van der Waals surface area contributed by atoms with Crippen molar-refractivity contribution in [2.75, 3.05) is 12.4 Å². The lowest BCUT2D eigenvalue weighted by molar-refractivity contribution is 0.102. The van der Waals surface area contributed by atoms with Gasteiger partial charge in [0.2, 0.25) is 0 Å². The largest absolute Gasteiger partial charge is 0.496 e. The average molecular weight is 418 g/mol. The number of sulfone groups is 1. The number of aromatic nitrogens is 2. The highest BCUT2D eigenvalue weighted by molar-refractivity contribution is 7.90. The third-order valence-corrected chi connectivity index (χ3v) is 6.14. The predicted molar refractivity (Wildman–Crippen MR) is 106 cm³/mol. The summed E-state index contributed by atoms with van der Waals surface area (Å²) in [6, 6.07) is 13.7. The van der Waals surface area contributed by atoms with Crippen LogP contribution in [0.3, 0.4) is 0 Å². The number of fused-ring (bicyclic) bond motifs is 1. The van der Waals surface area contributed by atoms with Gasteiger partial charge in [-0.3, -0.25) is 4.79 Å². The summed E-state index contributed by atoms with van der Waals surface area (Å²) in [4.78, 5) is 12.9. The lowest BCUT2D eigenvalue weighted by Crippen LogP contribution is -2.17. The molecule has 0 radical (unpaired) electrons. The Kier molecular flexibility index (Phi) is 4.60. The third kappa shape index (κ3) is 3.36. The fourth-order valence-corrected chi connectivity index (χ4v) is 4.77. The highest BCUT2D eigenvalue weighted by atomic mass is 35.5. The summed E-state index contributed by atoms with van der Waals surface area (Å²) < 4.78 is 30.9. The van der Waals surface area contributed by atoms with E-state index in [1.807, 2.05) is 0 Å². The van der Waals surface area contributed by atoms with Gasteiger partial charge >= 0.3 is 0 Å². The van der Waals surface area contributed by atoms with Gasteiger partial charge in [0, 0.05) is 10.6 Å². The number of anilines is 1. The van der Waals surface area contributed by atoms with Gasteiger partial charge in [0.15, 0.2) is 9.84 Å². The van der Waals surface area contributed by atoms with Gasteiger partial charge in [-0.25, -0.2) is 13.1 Å². The molecule has 0 spiro atoms. The van der Waals surface area contributed by atoms with E-state index >= 15 is 0 Å². The van der Waals surface area contributed by atoms with Gasteiger partial charge in [-0.05, 0) is 36.4 Å². The zero-order valence-electron chi connectivity index (χ0n) is 14.8. The first kappa shape index (κ1) is 18.5. The van der Waals surface area contributed by atoms with Crippen LogP contribution in [0.5, 0.6) is 5.75 Å². The van der Waals surface area contributed by atoms with Crippen LogP contribution >= 0.6 is 11.6 Å². The lowest BCUT2D eigenvalue weighted by Gasteiger charge is -2.13. The quantitative estimate of drug-likeness (QED) is 0.703. The van der Waals surface area contributed by atoms with E-state index in [-0.39, 0.29) is 11.5 Å². The van der Waals surface area contributed by atoms with Crippen molar-refractivity contribution >= 4 is 33.2 Å². The van der Waals surface area contributed by atoms with Gasteiger partial charge in [0.25, 0.3) is 5.91 Å². The summed E-state index contributed by atoms with van der Waals surface area (Å²) in [5, 5.41) is 7.80. The molecule has 1 amide bonds. The minimum atomic E-state index is -3.28. The van der Waals surface area contributed by atoms with Crippen molar-refractivity contribution in [2.24, 2.45) is 0 Å². The maximum atomic E-state index is 12.9. The molecular formula is C19H16ClN3O4S. The number of benzene rings is 2. The predicted octanol–water partition coefficient (Wildman–Crippen LogP) is 3.22. The third-order valence-electron chi connectivity index (χ3n) is 4.44. The van der Waals surface area contributed by atoms with Crippen LogP contribution in [0.15, 0.2) is 48.5 Å². The summed E-state index contributed by atoms with van der Waals surface area (Å²) in [7, 11) is -1.80. The van der Waals surface area contributed by atoms with E-state index in [2.05, 4.69) is 10.4 Å². The second-order valence-corrected chi connectivity index (χ2v) is 8.85. The number of hydrogen-bond acceptors (Lipinski definition) is 5. The van der Waals surface area contributed by atoms with E-state index in [1.54, 1.807) is 48.5 Å². The second-order valence-electron chi connectivity index (χ2n) is 6.35. The van der Waals surface area contributed by atoms with Gasteiger partial charge in [-0.1, -0.05) is 23.7 Å². The maximum absolute atomic E-state index is 12.9. The summed E-state index contributed by atoms with van der Waals surface area (Å²) in [5.74, 6) is 0.00792. The van der Waals surface area contributed by atoms with Crippen molar-refractivity contribution in [3.05, 3.63) is 70.4 Å². The van der Waals surface area contributed by atoms with Crippen LogP contribution in [-0.2, 0) is 21.3 Å². The number of nitrogens with zero attached hydrogens (tertiary/aromatic N) is 2. The van der Waals surface area contributed by atoms with Crippen LogP contribution < -0.4 is 10.1 Å². The Morgan fingerprint density at radius 3 is 2.57 bits per heavy atom. The number of amides is 1. The molecule has 2 aromatic carbocycles. The van der Waals surface area contributed by atoms with Crippen LogP contribution in [0.25, 0.3) is 5.69 Å². The Hall–Kier alpha value is -2.84. The molecule has 3 aromatic rings. The molecule has 0 bridgehead atoms. The number of para-hydroxylation sites is 1. The SMILES string of the molecule is COc1ccccc1C(=O)Nc1c2c(nn1-c1ccc(Cl)cc1)CS(=O)(=O)C2. The average Bonchev–Trinajstić information content (AvgIpc) is 3.15. The van der Waals surface area contributed by atoms with E-state index in [4.69, 9.17) is 16.3 Å². The van der Waals surface area contributed by atoms with E-state index in [1.165, 1.54) is 11.8 Å². The Bertz CT molecular complexity index is 1170. The zero-order valence-corrected chi connectivity index (χ0v) is 16.4. The molecule has 144 valence electrons. The van der Waals surface area contributed by atoms with Crippen LogP contribution in [0.1, 0.15) is 21.6 Å². The van der Waals surface area contributed by atoms with Gasteiger partial charge in [-0.15, -0.1) is 0 Å². The molecule has 0 aliphatic carbocycles. The van der Waals surface area contributed by atoms with Crippen LogP contribution in [0.2, 0.25) is 5.02 Å². The number of halogens is 1. The molecule has 0 fully saturated rings. The fraction of sp³-hybridized carbons (Fsp3) is 0.158. The van der Waals surface area contributed by atoms with Crippen molar-refractivity contribution in [3.63, 3.8) is 0 Å². The maximum Gasteiger partial charge on any atom is 0.260 e. The van der Waals surface area contributed by atoms with Crippen molar-refractivity contribution in [2.45, 2.75) is 11.5 Å². The Morgan fingerprint density at radius 1 is 1.14 bits per heavy atom. The van der Waals surface area contributed by atoms with E-state index in [0.29, 0.717) is 39.1 Å². The van der Waals surface area contributed by atoms with Gasteiger partial charge < -0.3 is 10.1 Å². The van der Waals surface area contributed by atoms with Crippen LogP contribution in [-0.4, -0.2) is 31.2 Å². The van der Waals surface area contributed by atoms with Gasteiger partial charge in [-0.2, -0.15) is 5.10 Å². The highest BCUT2D eigenvalue weighted by Gasteiger charge is 2.33. The van der Waals surface area contributed by atoms with Crippen molar-refractivity contribution in [3.8, 4) is 11.4 Å². The standard InChI is InChI=1S/C19H16ClN3O4S/c1-27-17-5-3-2-4-14(17)19(24)21-18-15-10-28(25,26)11-16(15)22-23(18)13-8-6-12(20)7-9-13/h2-9H,10-11H2,1H3,(H,21,24). The second kappa shape index (κ2) is 6.96. The molecule has 1 N–H and O–H groups in total. The lowest BCUT2D eigenvalue weighted by atomic mass is 10.2. The molecule has 4 rings (SSSR count). The Labute approximate surface area is 166 Å². The molecule has 0 atom stereocenters. The van der Waals surface area contributed by atoms with Crippen LogP contribution in [0, 0.1) is 0 Å². The minimum Gasteiger partial charge on any atom is -0.496 e. The molecule has 0 saturated carbocycles. The molecule has 0 unspecified atom stereocenters. The Morgan fingerprint density at radius 2 is 1.86 bits per heavy atom. The topological polar surface area (TPSA) is 90.3 Å².